The highest BCUT2D eigenvalue weighted by Crippen LogP contribution is 2.35. The second kappa shape index (κ2) is 16.9. The van der Waals surface area contributed by atoms with E-state index >= 15 is 9.59 Å². The Morgan fingerprint density at radius 3 is 2.02 bits per heavy atom. The summed E-state index contributed by atoms with van der Waals surface area (Å²) < 4.78 is 11.4. The van der Waals surface area contributed by atoms with Crippen molar-refractivity contribution in [3.8, 4) is 5.75 Å². The number of anilines is 1. The van der Waals surface area contributed by atoms with Crippen LogP contribution in [-0.4, -0.2) is 34.4 Å². The molecule has 2 atom stereocenters. The molecule has 55 heavy (non-hydrogen) atoms. The Bertz CT molecular complexity index is 2280. The number of aryl methyl sites for hydroxylation is 1. The van der Waals surface area contributed by atoms with Crippen LogP contribution in [0.2, 0.25) is 0 Å². The van der Waals surface area contributed by atoms with E-state index in [0.29, 0.717) is 16.7 Å². The monoisotopic (exact) mass is 733 g/mol. The van der Waals surface area contributed by atoms with Gasteiger partial charge in [0.1, 0.15) is 17.7 Å². The van der Waals surface area contributed by atoms with Crippen molar-refractivity contribution in [2.75, 3.05) is 5.32 Å². The van der Waals surface area contributed by atoms with Gasteiger partial charge in [0.15, 0.2) is 5.75 Å². The minimum Gasteiger partial charge on any atom is -0.444 e. The summed E-state index contributed by atoms with van der Waals surface area (Å²) in [5.41, 5.74) is 2.56. The lowest BCUT2D eigenvalue weighted by molar-refractivity contribution is -0.141. The SMILES string of the molecule is Cc1ccc(C(=O)Oc2ccccc2NC(=O)C(c2cccc3ccccc23)N(Cc2ccccc2)C(=O)C(NC(=O)OC(C)(C)C)c2ccccc2)cc1. The molecule has 0 spiro atoms. The first kappa shape index (κ1) is 38.0. The number of ether oxygens (including phenoxy) is 2. The van der Waals surface area contributed by atoms with Crippen LogP contribution in [0.5, 0.6) is 5.75 Å². The Balaban J connectivity index is 1.46. The van der Waals surface area contributed by atoms with Crippen LogP contribution in [0.25, 0.3) is 10.8 Å². The van der Waals surface area contributed by atoms with Crippen LogP contribution in [0.15, 0.2) is 152 Å². The minimum atomic E-state index is -1.24. The summed E-state index contributed by atoms with van der Waals surface area (Å²) >= 11 is 0. The van der Waals surface area contributed by atoms with E-state index in [1.807, 2.05) is 97.9 Å². The molecule has 9 nitrogen and oxygen atoms in total. The van der Waals surface area contributed by atoms with Crippen molar-refractivity contribution in [2.24, 2.45) is 0 Å². The van der Waals surface area contributed by atoms with E-state index in [2.05, 4.69) is 10.6 Å². The molecule has 0 radical (unpaired) electrons. The number of rotatable bonds is 11. The van der Waals surface area contributed by atoms with Gasteiger partial charge in [-0.3, -0.25) is 9.59 Å². The second-order valence-electron chi connectivity index (χ2n) is 14.2. The maximum atomic E-state index is 15.3. The van der Waals surface area contributed by atoms with Crippen molar-refractivity contribution in [1.82, 2.24) is 10.2 Å². The number of fused-ring (bicyclic) bond motifs is 1. The number of amides is 3. The van der Waals surface area contributed by atoms with Gasteiger partial charge in [0, 0.05) is 6.54 Å². The Morgan fingerprint density at radius 1 is 0.691 bits per heavy atom. The fraction of sp³-hybridized carbons (Fsp3) is 0.174. The molecular formula is C46H43N3O6. The molecule has 6 aromatic carbocycles. The van der Waals surface area contributed by atoms with E-state index in [-0.39, 0.29) is 18.0 Å². The normalized spacial score (nSPS) is 12.2. The Morgan fingerprint density at radius 2 is 1.31 bits per heavy atom. The van der Waals surface area contributed by atoms with Gasteiger partial charge in [-0.15, -0.1) is 0 Å². The van der Waals surface area contributed by atoms with Crippen LogP contribution in [-0.2, 0) is 20.9 Å². The molecule has 0 saturated carbocycles. The number of hydrogen-bond acceptors (Lipinski definition) is 6. The Hall–Kier alpha value is -6.74. The molecule has 9 heteroatoms. The molecule has 2 unspecified atom stereocenters. The van der Waals surface area contributed by atoms with Gasteiger partial charge < -0.3 is 25.0 Å². The minimum absolute atomic E-state index is 0.00434. The molecule has 0 bridgehead atoms. The molecule has 0 aliphatic carbocycles. The number of nitrogens with one attached hydrogen (secondary N) is 2. The molecule has 6 aromatic rings. The van der Waals surface area contributed by atoms with Gasteiger partial charge in [-0.25, -0.2) is 9.59 Å². The number of carbonyl (C=O) groups excluding carboxylic acids is 4. The number of para-hydroxylation sites is 2. The van der Waals surface area contributed by atoms with Crippen molar-refractivity contribution < 1.29 is 28.7 Å². The summed E-state index contributed by atoms with van der Waals surface area (Å²) in [5.74, 6) is -1.57. The van der Waals surface area contributed by atoms with Crippen LogP contribution in [0.3, 0.4) is 0 Å². The van der Waals surface area contributed by atoms with E-state index in [0.717, 1.165) is 21.9 Å². The zero-order valence-electron chi connectivity index (χ0n) is 31.2. The smallest absolute Gasteiger partial charge is 0.408 e. The van der Waals surface area contributed by atoms with Crippen LogP contribution in [0.1, 0.15) is 65.5 Å². The van der Waals surface area contributed by atoms with E-state index in [1.54, 1.807) is 81.4 Å². The molecule has 0 fully saturated rings. The highest BCUT2D eigenvalue weighted by molar-refractivity contribution is 6.03. The lowest BCUT2D eigenvalue weighted by atomic mass is 9.95. The zero-order chi connectivity index (χ0) is 39.0. The zero-order valence-corrected chi connectivity index (χ0v) is 31.2. The largest absolute Gasteiger partial charge is 0.444 e. The number of alkyl carbamates (subject to hydrolysis) is 1. The standard InChI is InChI=1S/C46H43N3O6/c1-31-26-28-35(29-27-31)44(52)54-39-25-14-13-24-38(39)47-42(50)41(37-23-15-21-33-18-11-12-22-36(33)37)49(30-32-16-7-5-8-17-32)43(51)40(34-19-9-6-10-20-34)48-45(53)55-46(2,3)4/h5-29,40-41H,30H2,1-4H3,(H,47,50)(H,48,53). The van der Waals surface area contributed by atoms with Crippen LogP contribution < -0.4 is 15.4 Å². The average molecular weight is 734 g/mol. The summed E-state index contributed by atoms with van der Waals surface area (Å²) in [6, 6.07) is 42.6. The third kappa shape index (κ3) is 9.63. The van der Waals surface area contributed by atoms with Crippen molar-refractivity contribution in [3.05, 3.63) is 179 Å². The third-order valence-electron chi connectivity index (χ3n) is 8.83. The van der Waals surface area contributed by atoms with Gasteiger partial charge in [0.05, 0.1) is 11.3 Å². The molecular weight excluding hydrogens is 691 g/mol. The first-order valence-electron chi connectivity index (χ1n) is 18.0. The van der Waals surface area contributed by atoms with Crippen LogP contribution in [0.4, 0.5) is 10.5 Å². The molecule has 0 saturated heterocycles. The van der Waals surface area contributed by atoms with Crippen LogP contribution >= 0.6 is 0 Å². The predicted molar refractivity (Wildman–Crippen MR) is 213 cm³/mol. The maximum absolute atomic E-state index is 15.3. The van der Waals surface area contributed by atoms with Crippen molar-refractivity contribution in [2.45, 2.75) is 51.9 Å². The summed E-state index contributed by atoms with van der Waals surface area (Å²) in [4.78, 5) is 58.3. The number of esters is 1. The van der Waals surface area contributed by atoms with Gasteiger partial charge in [0.25, 0.3) is 11.8 Å². The Labute approximate surface area is 320 Å². The quantitative estimate of drug-likeness (QED) is 0.101. The molecule has 3 amide bonds. The first-order valence-corrected chi connectivity index (χ1v) is 18.0. The highest BCUT2D eigenvalue weighted by Gasteiger charge is 2.38. The first-order chi connectivity index (χ1) is 26.5. The number of benzene rings is 6. The molecule has 0 aromatic heterocycles. The topological polar surface area (TPSA) is 114 Å². The summed E-state index contributed by atoms with van der Waals surface area (Å²) in [6.07, 6.45) is -0.787. The summed E-state index contributed by atoms with van der Waals surface area (Å²) in [5, 5.41) is 7.41. The predicted octanol–water partition coefficient (Wildman–Crippen LogP) is 9.34. The van der Waals surface area contributed by atoms with Gasteiger partial charge in [-0.2, -0.15) is 0 Å². The van der Waals surface area contributed by atoms with Gasteiger partial charge >= 0.3 is 12.1 Å². The highest BCUT2D eigenvalue weighted by atomic mass is 16.6. The second-order valence-corrected chi connectivity index (χ2v) is 14.2. The van der Waals surface area contributed by atoms with E-state index in [1.165, 1.54) is 4.90 Å². The van der Waals surface area contributed by atoms with Gasteiger partial charge in [-0.1, -0.05) is 133 Å². The van der Waals surface area contributed by atoms with E-state index in [4.69, 9.17) is 9.47 Å². The number of nitrogens with zero attached hydrogens (tertiary/aromatic N) is 1. The molecule has 6 rings (SSSR count). The Kier molecular flexibility index (Phi) is 11.7. The van der Waals surface area contributed by atoms with E-state index in [9.17, 15) is 9.59 Å². The molecule has 0 aliphatic heterocycles. The average Bonchev–Trinajstić information content (AvgIpc) is 3.17. The lowest BCUT2D eigenvalue weighted by Crippen LogP contribution is -2.48. The summed E-state index contributed by atoms with van der Waals surface area (Å²) in [7, 11) is 0. The van der Waals surface area contributed by atoms with Crippen molar-refractivity contribution in [1.29, 1.82) is 0 Å². The maximum Gasteiger partial charge on any atom is 0.408 e. The molecule has 0 heterocycles. The van der Waals surface area contributed by atoms with Crippen LogP contribution in [0, 0.1) is 6.92 Å². The third-order valence-corrected chi connectivity index (χ3v) is 8.83. The molecule has 278 valence electrons. The lowest BCUT2D eigenvalue weighted by Gasteiger charge is -2.35. The van der Waals surface area contributed by atoms with E-state index < -0.39 is 41.6 Å². The fourth-order valence-corrected chi connectivity index (χ4v) is 6.25. The number of carbonyl (C=O) groups is 4. The van der Waals surface area contributed by atoms with Crippen molar-refractivity contribution in [3.63, 3.8) is 0 Å². The fourth-order valence-electron chi connectivity index (χ4n) is 6.25. The molecule has 0 aliphatic rings. The number of hydrogen-bond donors (Lipinski definition) is 2. The van der Waals surface area contributed by atoms with Crippen molar-refractivity contribution >= 4 is 40.3 Å². The van der Waals surface area contributed by atoms with Gasteiger partial charge in [-0.05, 0) is 79.4 Å². The van der Waals surface area contributed by atoms with Gasteiger partial charge in [0.2, 0.25) is 0 Å². The molecule has 2 N–H and O–H groups in total. The summed E-state index contributed by atoms with van der Waals surface area (Å²) in [6.45, 7) is 7.15.